The Morgan fingerprint density at radius 2 is 0.812 bits per heavy atom. The summed E-state index contributed by atoms with van der Waals surface area (Å²) in [5, 5.41) is 5.93. The molecule has 32 heavy (non-hydrogen) atoms. The standard InChI is InChI=1S/C28H28P2.2ClH/c1-24(30(27-18-10-4-11-19-27)28-20-12-5-13-21-28)22-23-29(25-14-6-2-7-15-25)26-16-8-3-9-17-26;;/h2-21,24H,22-23H2,1H3;2*1H. The summed E-state index contributed by atoms with van der Waals surface area (Å²) in [4.78, 5) is 0. The van der Waals surface area contributed by atoms with Crippen molar-refractivity contribution in [2.45, 2.75) is 19.0 Å². The molecule has 0 saturated heterocycles. The molecular weight excluding hydrogens is 469 g/mol. The number of rotatable bonds is 8. The molecule has 0 radical (unpaired) electrons. The van der Waals surface area contributed by atoms with Crippen molar-refractivity contribution >= 4 is 61.9 Å². The molecule has 0 spiro atoms. The van der Waals surface area contributed by atoms with E-state index in [0.29, 0.717) is 5.66 Å². The summed E-state index contributed by atoms with van der Waals surface area (Å²) >= 11 is 0. The summed E-state index contributed by atoms with van der Waals surface area (Å²) in [5.74, 6) is 0. The van der Waals surface area contributed by atoms with Crippen molar-refractivity contribution in [1.29, 1.82) is 0 Å². The molecule has 0 fully saturated rings. The van der Waals surface area contributed by atoms with Crippen LogP contribution in [0.2, 0.25) is 0 Å². The maximum absolute atomic E-state index is 2.45. The zero-order chi connectivity index (χ0) is 20.6. The molecule has 4 aromatic rings. The van der Waals surface area contributed by atoms with E-state index in [9.17, 15) is 0 Å². The lowest BCUT2D eigenvalue weighted by atomic mass is 10.3. The normalized spacial score (nSPS) is 11.5. The van der Waals surface area contributed by atoms with E-state index in [2.05, 4.69) is 128 Å². The maximum Gasteiger partial charge on any atom is -0.0154 e. The summed E-state index contributed by atoms with van der Waals surface area (Å²) in [7, 11) is -0.706. The number of benzene rings is 4. The Balaban J connectivity index is 0.00000181. The third-order valence-corrected chi connectivity index (χ3v) is 10.8. The van der Waals surface area contributed by atoms with Crippen LogP contribution < -0.4 is 21.2 Å². The highest BCUT2D eigenvalue weighted by atomic mass is 35.5. The molecular formula is C28H30Cl2P2. The van der Waals surface area contributed by atoms with E-state index in [4.69, 9.17) is 0 Å². The number of hydrogen-bond donors (Lipinski definition) is 0. The van der Waals surface area contributed by atoms with Gasteiger partial charge in [0.15, 0.2) is 0 Å². The van der Waals surface area contributed by atoms with Crippen LogP contribution in [0.25, 0.3) is 0 Å². The van der Waals surface area contributed by atoms with Crippen molar-refractivity contribution in [3.05, 3.63) is 121 Å². The van der Waals surface area contributed by atoms with Crippen molar-refractivity contribution in [2.75, 3.05) is 6.16 Å². The number of hydrogen-bond acceptors (Lipinski definition) is 0. The van der Waals surface area contributed by atoms with Gasteiger partial charge in [-0.05, 0) is 55.3 Å². The van der Waals surface area contributed by atoms with Gasteiger partial charge >= 0.3 is 0 Å². The molecule has 4 heteroatoms. The van der Waals surface area contributed by atoms with Crippen LogP contribution >= 0.6 is 40.7 Å². The summed E-state index contributed by atoms with van der Waals surface area (Å²) in [6.45, 7) is 2.45. The molecule has 166 valence electrons. The fraction of sp³-hybridized carbons (Fsp3) is 0.143. The van der Waals surface area contributed by atoms with Crippen molar-refractivity contribution in [2.24, 2.45) is 0 Å². The van der Waals surface area contributed by atoms with E-state index in [1.165, 1.54) is 33.8 Å². The van der Waals surface area contributed by atoms with Crippen LogP contribution in [0, 0.1) is 0 Å². The minimum absolute atomic E-state index is 0. The second-order valence-electron chi connectivity index (χ2n) is 7.50. The van der Waals surface area contributed by atoms with E-state index in [-0.39, 0.29) is 40.7 Å². The predicted molar refractivity (Wildman–Crippen MR) is 152 cm³/mol. The van der Waals surface area contributed by atoms with Crippen LogP contribution in [0.3, 0.4) is 0 Å². The van der Waals surface area contributed by atoms with Gasteiger partial charge in [-0.2, -0.15) is 0 Å². The summed E-state index contributed by atoms with van der Waals surface area (Å²) in [6.07, 6.45) is 2.45. The average Bonchev–Trinajstić information content (AvgIpc) is 2.82. The highest BCUT2D eigenvalue weighted by molar-refractivity contribution is 7.74. The van der Waals surface area contributed by atoms with Crippen molar-refractivity contribution in [3.63, 3.8) is 0 Å². The monoisotopic (exact) mass is 498 g/mol. The first-order valence-electron chi connectivity index (χ1n) is 10.6. The fourth-order valence-electron chi connectivity index (χ4n) is 3.90. The minimum atomic E-state index is -0.370. The third-order valence-electron chi connectivity index (χ3n) is 5.42. The van der Waals surface area contributed by atoms with Crippen LogP contribution in [0.4, 0.5) is 0 Å². The van der Waals surface area contributed by atoms with Gasteiger partial charge in [0.25, 0.3) is 0 Å². The van der Waals surface area contributed by atoms with Gasteiger partial charge in [-0.1, -0.05) is 128 Å². The molecule has 0 N–H and O–H groups in total. The Morgan fingerprint density at radius 3 is 1.16 bits per heavy atom. The second-order valence-corrected chi connectivity index (χ2v) is 12.5. The quantitative estimate of drug-likeness (QED) is 0.232. The second kappa shape index (κ2) is 13.8. The molecule has 0 aliphatic carbocycles. The van der Waals surface area contributed by atoms with E-state index in [1.807, 2.05) is 0 Å². The first-order valence-corrected chi connectivity index (χ1v) is 13.5. The molecule has 0 aromatic heterocycles. The van der Waals surface area contributed by atoms with E-state index >= 15 is 0 Å². The van der Waals surface area contributed by atoms with Crippen LogP contribution in [0.1, 0.15) is 13.3 Å². The SMILES string of the molecule is CC(CCP(c1ccccc1)c1ccccc1)P(c1ccccc1)c1ccccc1.Cl.Cl. The van der Waals surface area contributed by atoms with E-state index < -0.39 is 0 Å². The first-order chi connectivity index (χ1) is 14.8. The van der Waals surface area contributed by atoms with E-state index in [1.54, 1.807) is 0 Å². The Labute approximate surface area is 207 Å². The topological polar surface area (TPSA) is 0 Å². The maximum atomic E-state index is 2.45. The Bertz CT molecular complexity index is 933. The molecule has 1 atom stereocenters. The van der Waals surface area contributed by atoms with Gasteiger partial charge in [-0.3, -0.25) is 0 Å². The third kappa shape index (κ3) is 6.91. The summed E-state index contributed by atoms with van der Waals surface area (Å²) in [6, 6.07) is 44.4. The molecule has 0 bridgehead atoms. The van der Waals surface area contributed by atoms with Gasteiger partial charge in [-0.25, -0.2) is 0 Å². The van der Waals surface area contributed by atoms with Crippen LogP contribution in [0.5, 0.6) is 0 Å². The van der Waals surface area contributed by atoms with Crippen LogP contribution in [-0.2, 0) is 0 Å². The molecule has 0 nitrogen and oxygen atoms in total. The largest absolute Gasteiger partial charge is 0.147 e. The molecule has 0 aliphatic rings. The predicted octanol–water partition coefficient (Wildman–Crippen LogP) is 6.87. The highest BCUT2D eigenvalue weighted by Gasteiger charge is 2.23. The minimum Gasteiger partial charge on any atom is -0.147 e. The lowest BCUT2D eigenvalue weighted by Crippen LogP contribution is -2.22. The van der Waals surface area contributed by atoms with Crippen molar-refractivity contribution < 1.29 is 0 Å². The molecule has 4 rings (SSSR count). The lowest BCUT2D eigenvalue weighted by molar-refractivity contribution is 0.907. The first kappa shape index (κ1) is 26.6. The van der Waals surface area contributed by atoms with Gasteiger partial charge < -0.3 is 0 Å². The van der Waals surface area contributed by atoms with Gasteiger partial charge in [0.05, 0.1) is 0 Å². The lowest BCUT2D eigenvalue weighted by Gasteiger charge is -2.28. The van der Waals surface area contributed by atoms with Gasteiger partial charge in [0.1, 0.15) is 0 Å². The molecule has 4 aromatic carbocycles. The van der Waals surface area contributed by atoms with Gasteiger partial charge in [0.2, 0.25) is 0 Å². The van der Waals surface area contributed by atoms with Crippen molar-refractivity contribution in [1.82, 2.24) is 0 Å². The molecule has 0 saturated carbocycles. The van der Waals surface area contributed by atoms with Gasteiger partial charge in [0, 0.05) is 0 Å². The van der Waals surface area contributed by atoms with Crippen molar-refractivity contribution in [3.8, 4) is 0 Å². The molecule has 1 unspecified atom stereocenters. The zero-order valence-corrected chi connectivity index (χ0v) is 21.7. The molecule has 0 amide bonds. The van der Waals surface area contributed by atoms with Crippen LogP contribution in [0.15, 0.2) is 121 Å². The molecule has 0 heterocycles. The highest BCUT2D eigenvalue weighted by Crippen LogP contribution is 2.44. The summed E-state index contributed by atoms with van der Waals surface area (Å²) in [5.41, 5.74) is 0.627. The number of halogens is 2. The Hall–Kier alpha value is -1.68. The Morgan fingerprint density at radius 1 is 0.500 bits per heavy atom. The van der Waals surface area contributed by atoms with Gasteiger partial charge in [-0.15, -0.1) is 24.8 Å². The molecule has 0 aliphatic heterocycles. The Kier molecular flexibility index (Phi) is 11.4. The zero-order valence-electron chi connectivity index (χ0n) is 18.2. The smallest absolute Gasteiger partial charge is 0.0154 e. The fourth-order valence-corrected chi connectivity index (χ4v) is 9.32. The van der Waals surface area contributed by atoms with E-state index in [0.717, 1.165) is 0 Å². The summed E-state index contributed by atoms with van der Waals surface area (Å²) < 4.78 is 0. The van der Waals surface area contributed by atoms with Crippen LogP contribution in [-0.4, -0.2) is 11.8 Å². The average molecular weight is 499 g/mol.